The maximum Gasteiger partial charge on any atom is 0.310 e. The number of esters is 1. The van der Waals surface area contributed by atoms with Gasteiger partial charge in [0.25, 0.3) is 0 Å². The van der Waals surface area contributed by atoms with Crippen molar-refractivity contribution < 1.29 is 13.7 Å². The van der Waals surface area contributed by atoms with Crippen molar-refractivity contribution in [2.45, 2.75) is 23.0 Å². The highest BCUT2D eigenvalue weighted by molar-refractivity contribution is 7.85. The van der Waals surface area contributed by atoms with Gasteiger partial charge in [0.1, 0.15) is 0 Å². The zero-order valence-corrected chi connectivity index (χ0v) is 14.4. The lowest BCUT2D eigenvalue weighted by Gasteiger charge is -2.33. The van der Waals surface area contributed by atoms with E-state index in [1.54, 1.807) is 0 Å². The molecule has 5 rings (SSSR count). The molecule has 4 aliphatic carbocycles. The summed E-state index contributed by atoms with van der Waals surface area (Å²) in [4.78, 5) is 13.4. The number of hydrogen-bond acceptors (Lipinski definition) is 3. The van der Waals surface area contributed by atoms with Gasteiger partial charge in [0.2, 0.25) is 0 Å². The molecule has 24 heavy (non-hydrogen) atoms. The van der Waals surface area contributed by atoms with Crippen molar-refractivity contribution in [1.82, 2.24) is 0 Å². The Morgan fingerprint density at radius 1 is 1.04 bits per heavy atom. The third-order valence-corrected chi connectivity index (χ3v) is 8.26. The summed E-state index contributed by atoms with van der Waals surface area (Å²) in [6.07, 6.45) is 6.76. The largest absolute Gasteiger partial charge is 0.469 e. The highest BCUT2D eigenvalue weighted by Crippen LogP contribution is 2.64. The molecule has 3 nitrogen and oxygen atoms in total. The van der Waals surface area contributed by atoms with E-state index in [9.17, 15) is 9.00 Å². The Labute approximate surface area is 144 Å². The van der Waals surface area contributed by atoms with Gasteiger partial charge >= 0.3 is 5.97 Å². The number of allylic oxidation sites excluding steroid dienone is 4. The monoisotopic (exact) mass is 340 g/mol. The molecule has 4 heteroatoms. The van der Waals surface area contributed by atoms with Crippen LogP contribution in [-0.2, 0) is 20.3 Å². The molecule has 0 saturated heterocycles. The molecule has 0 aliphatic heterocycles. The summed E-state index contributed by atoms with van der Waals surface area (Å²) in [6.45, 7) is 0. The Kier molecular flexibility index (Phi) is 3.15. The van der Waals surface area contributed by atoms with Gasteiger partial charge in [0.15, 0.2) is 0 Å². The Hall–Kier alpha value is -1.68. The number of carbonyl (C=O) groups excluding carboxylic acids is 1. The third-order valence-electron chi connectivity index (χ3n) is 6.40. The SMILES string of the molecule is COC(=O)[C@H]1[C@H]([S@@](=O)c2ccccc2)[C@H]2C[C@H]1C1=C2[C@H]2C=C[C@H]1C2. The van der Waals surface area contributed by atoms with Crippen molar-refractivity contribution in [2.24, 2.45) is 29.6 Å². The first-order chi connectivity index (χ1) is 11.7. The summed E-state index contributed by atoms with van der Waals surface area (Å²) in [5.74, 6) is 1.10. The van der Waals surface area contributed by atoms with Gasteiger partial charge < -0.3 is 4.74 Å². The molecule has 0 amide bonds. The quantitative estimate of drug-likeness (QED) is 0.482. The Bertz CT molecular complexity index is 794. The van der Waals surface area contributed by atoms with Crippen molar-refractivity contribution in [2.75, 3.05) is 7.11 Å². The van der Waals surface area contributed by atoms with Crippen molar-refractivity contribution in [3.05, 3.63) is 53.6 Å². The lowest BCUT2D eigenvalue weighted by atomic mass is 9.79. The zero-order valence-electron chi connectivity index (χ0n) is 13.6. The number of methoxy groups -OCH3 is 1. The molecule has 0 N–H and O–H groups in total. The van der Waals surface area contributed by atoms with E-state index in [0.717, 1.165) is 17.7 Å². The average Bonchev–Trinajstić information content (AvgIpc) is 3.38. The molecule has 7 atom stereocenters. The van der Waals surface area contributed by atoms with E-state index in [4.69, 9.17) is 4.74 Å². The molecule has 1 saturated carbocycles. The summed E-state index contributed by atoms with van der Waals surface area (Å²) in [5, 5.41) is -0.142. The Morgan fingerprint density at radius 3 is 2.38 bits per heavy atom. The predicted octanol–water partition coefficient (Wildman–Crippen LogP) is 3.10. The number of fused-ring (bicyclic) bond motifs is 8. The zero-order chi connectivity index (χ0) is 16.4. The van der Waals surface area contributed by atoms with Gasteiger partial charge in [0.05, 0.1) is 29.1 Å². The summed E-state index contributed by atoms with van der Waals surface area (Å²) in [7, 11) is 0.270. The molecule has 0 heterocycles. The molecule has 1 aromatic rings. The van der Waals surface area contributed by atoms with Crippen LogP contribution in [0.5, 0.6) is 0 Å². The first kappa shape index (κ1) is 14.6. The number of hydrogen-bond donors (Lipinski definition) is 0. The second kappa shape index (κ2) is 5.16. The molecule has 124 valence electrons. The van der Waals surface area contributed by atoms with Crippen LogP contribution in [0.15, 0.2) is 58.5 Å². The molecular formula is C20H20O3S. The predicted molar refractivity (Wildman–Crippen MR) is 91.5 cm³/mol. The van der Waals surface area contributed by atoms with Crippen LogP contribution in [0.4, 0.5) is 0 Å². The Morgan fingerprint density at radius 2 is 1.71 bits per heavy atom. The van der Waals surface area contributed by atoms with E-state index in [1.807, 2.05) is 30.3 Å². The van der Waals surface area contributed by atoms with Gasteiger partial charge in [-0.3, -0.25) is 9.00 Å². The van der Waals surface area contributed by atoms with E-state index in [1.165, 1.54) is 18.3 Å². The summed E-state index contributed by atoms with van der Waals surface area (Å²) in [6, 6.07) is 9.58. The van der Waals surface area contributed by atoms with Gasteiger partial charge in [-0.15, -0.1) is 0 Å². The van der Waals surface area contributed by atoms with Crippen LogP contribution in [-0.4, -0.2) is 22.5 Å². The highest BCUT2D eigenvalue weighted by Gasteiger charge is 2.61. The molecule has 4 bridgehead atoms. The van der Waals surface area contributed by atoms with Crippen LogP contribution in [0.3, 0.4) is 0 Å². The fourth-order valence-electron chi connectivity index (χ4n) is 5.65. The summed E-state index contributed by atoms with van der Waals surface area (Å²) in [5.41, 5.74) is 3.01. The minimum absolute atomic E-state index is 0.142. The smallest absolute Gasteiger partial charge is 0.310 e. The van der Waals surface area contributed by atoms with Crippen molar-refractivity contribution in [3.63, 3.8) is 0 Å². The van der Waals surface area contributed by atoms with Crippen LogP contribution in [0, 0.1) is 29.6 Å². The molecule has 1 aromatic carbocycles. The van der Waals surface area contributed by atoms with Crippen LogP contribution in [0.25, 0.3) is 0 Å². The summed E-state index contributed by atoms with van der Waals surface area (Å²) < 4.78 is 18.4. The second-order valence-corrected chi connectivity index (χ2v) is 8.93. The van der Waals surface area contributed by atoms with E-state index in [-0.39, 0.29) is 29.0 Å². The number of rotatable bonds is 3. The lowest BCUT2D eigenvalue weighted by Crippen LogP contribution is -2.39. The number of benzene rings is 1. The minimum atomic E-state index is -1.18. The third kappa shape index (κ3) is 1.78. The molecule has 4 aliphatic rings. The molecular weight excluding hydrogens is 320 g/mol. The first-order valence-electron chi connectivity index (χ1n) is 8.66. The van der Waals surface area contributed by atoms with E-state index in [0.29, 0.717) is 11.8 Å². The fraction of sp³-hybridized carbons (Fsp3) is 0.450. The molecule has 0 aromatic heterocycles. The van der Waals surface area contributed by atoms with Gasteiger partial charge in [-0.05, 0) is 48.6 Å². The standard InChI is InChI=1S/C20H20O3S/c1-23-20(21)18-14-10-15(17-12-8-7-11(9-12)16(14)17)19(18)24(22)13-5-3-2-4-6-13/h2-8,11-12,14-15,18-19H,9-10H2,1H3/t11-,12-,14-,15-,18+,19+,24-/m0/s1. The summed E-state index contributed by atoms with van der Waals surface area (Å²) >= 11 is 0. The Balaban J connectivity index is 1.58. The van der Waals surface area contributed by atoms with Crippen LogP contribution in [0.2, 0.25) is 0 Å². The van der Waals surface area contributed by atoms with E-state index in [2.05, 4.69) is 12.2 Å². The van der Waals surface area contributed by atoms with Crippen LogP contribution in [0.1, 0.15) is 12.8 Å². The second-order valence-electron chi connectivity index (χ2n) is 7.32. The topological polar surface area (TPSA) is 43.4 Å². The fourth-order valence-corrected chi connectivity index (χ4v) is 7.52. The van der Waals surface area contributed by atoms with Crippen LogP contribution < -0.4 is 0 Å². The molecule has 1 fully saturated rings. The normalized spacial score (nSPS) is 39.4. The lowest BCUT2D eigenvalue weighted by molar-refractivity contribution is -0.146. The molecule has 0 radical (unpaired) electrons. The average molecular weight is 340 g/mol. The van der Waals surface area contributed by atoms with E-state index < -0.39 is 10.8 Å². The number of ether oxygens (including phenoxy) is 1. The van der Waals surface area contributed by atoms with Crippen LogP contribution >= 0.6 is 0 Å². The van der Waals surface area contributed by atoms with Gasteiger partial charge in [-0.2, -0.15) is 0 Å². The molecule has 0 spiro atoms. The van der Waals surface area contributed by atoms with Gasteiger partial charge in [-0.1, -0.05) is 41.5 Å². The van der Waals surface area contributed by atoms with Gasteiger partial charge in [-0.25, -0.2) is 0 Å². The minimum Gasteiger partial charge on any atom is -0.469 e. The molecule has 0 unspecified atom stereocenters. The first-order valence-corrected chi connectivity index (χ1v) is 9.87. The van der Waals surface area contributed by atoms with Crippen molar-refractivity contribution in [3.8, 4) is 0 Å². The number of carbonyl (C=O) groups is 1. The highest BCUT2D eigenvalue weighted by atomic mass is 32.2. The van der Waals surface area contributed by atoms with Gasteiger partial charge in [0, 0.05) is 4.90 Å². The van der Waals surface area contributed by atoms with Crippen molar-refractivity contribution >= 4 is 16.8 Å². The maximum absolute atomic E-state index is 13.3. The van der Waals surface area contributed by atoms with Crippen molar-refractivity contribution in [1.29, 1.82) is 0 Å². The maximum atomic E-state index is 13.3. The van der Waals surface area contributed by atoms with E-state index >= 15 is 0 Å².